The Balaban J connectivity index is 1.99. The molecule has 0 saturated carbocycles. The second-order valence-electron chi connectivity index (χ2n) is 4.42. The number of carbonyl (C=O) groups excluding carboxylic acids is 1. The molecule has 0 radical (unpaired) electrons. The third-order valence-electron chi connectivity index (χ3n) is 3.02. The number of fused-ring (bicyclic) bond motifs is 1. The highest BCUT2D eigenvalue weighted by Crippen LogP contribution is 2.21. The van der Waals surface area contributed by atoms with Crippen molar-refractivity contribution in [1.82, 2.24) is 0 Å². The molecule has 4 nitrogen and oxygen atoms in total. The van der Waals surface area contributed by atoms with E-state index in [9.17, 15) is 9.59 Å². The normalized spacial score (nSPS) is 10.5. The maximum Gasteiger partial charge on any atom is 0.344 e. The predicted molar refractivity (Wildman–Crippen MR) is 81.9 cm³/mol. The van der Waals surface area contributed by atoms with E-state index in [0.717, 1.165) is 0 Å². The molecule has 0 spiro atoms. The number of carbonyl (C=O) groups is 1. The van der Waals surface area contributed by atoms with Crippen LogP contribution in [0.1, 0.15) is 10.6 Å². The number of benzene rings is 2. The number of halogens is 1. The van der Waals surface area contributed by atoms with Crippen molar-refractivity contribution in [2.45, 2.75) is 0 Å². The zero-order valence-electron chi connectivity index (χ0n) is 10.8. The van der Waals surface area contributed by atoms with Gasteiger partial charge in [-0.2, -0.15) is 0 Å². The van der Waals surface area contributed by atoms with Crippen LogP contribution in [0.15, 0.2) is 63.8 Å². The number of para-hydroxylation sites is 1. The van der Waals surface area contributed by atoms with E-state index in [2.05, 4.69) is 5.32 Å². The first kappa shape index (κ1) is 13.4. The minimum absolute atomic E-state index is 0.0568. The monoisotopic (exact) mass is 299 g/mol. The minimum atomic E-state index is -0.544. The Hall–Kier alpha value is -2.59. The molecule has 0 saturated heterocycles. The van der Waals surface area contributed by atoms with E-state index in [1.165, 1.54) is 6.07 Å². The van der Waals surface area contributed by atoms with Gasteiger partial charge in [0, 0.05) is 0 Å². The summed E-state index contributed by atoms with van der Waals surface area (Å²) in [5, 5.41) is 4.11. The zero-order valence-corrected chi connectivity index (χ0v) is 11.6. The standard InChI is InChI=1S/C16H10ClNO3/c17-12-7-3-4-8-13(12)18-15(19)14-9-10-5-1-2-6-11(10)16(20)21-14/h1-9H,(H,18,19). The van der Waals surface area contributed by atoms with Crippen molar-refractivity contribution in [3.63, 3.8) is 0 Å². The molecular formula is C16H10ClNO3. The van der Waals surface area contributed by atoms with Crippen LogP contribution in [-0.2, 0) is 0 Å². The highest BCUT2D eigenvalue weighted by Gasteiger charge is 2.13. The highest BCUT2D eigenvalue weighted by molar-refractivity contribution is 6.33. The lowest BCUT2D eigenvalue weighted by Crippen LogP contribution is -2.15. The average molecular weight is 300 g/mol. The van der Waals surface area contributed by atoms with E-state index in [4.69, 9.17) is 16.0 Å². The first-order valence-electron chi connectivity index (χ1n) is 6.24. The molecule has 0 aliphatic rings. The summed E-state index contributed by atoms with van der Waals surface area (Å²) in [4.78, 5) is 24.0. The van der Waals surface area contributed by atoms with Gasteiger partial charge in [-0.25, -0.2) is 4.79 Å². The van der Waals surface area contributed by atoms with E-state index in [1.807, 2.05) is 0 Å². The van der Waals surface area contributed by atoms with Crippen LogP contribution in [0.3, 0.4) is 0 Å². The molecule has 3 rings (SSSR count). The summed E-state index contributed by atoms with van der Waals surface area (Å²) in [6.07, 6.45) is 0. The maximum absolute atomic E-state index is 12.2. The molecule has 0 atom stereocenters. The lowest BCUT2D eigenvalue weighted by atomic mass is 10.1. The van der Waals surface area contributed by atoms with Crippen LogP contribution in [0.5, 0.6) is 0 Å². The van der Waals surface area contributed by atoms with Gasteiger partial charge in [0.15, 0.2) is 5.76 Å². The average Bonchev–Trinajstić information content (AvgIpc) is 2.49. The molecule has 1 amide bonds. The van der Waals surface area contributed by atoms with E-state index in [1.54, 1.807) is 48.5 Å². The summed E-state index contributed by atoms with van der Waals surface area (Å²) < 4.78 is 5.05. The second-order valence-corrected chi connectivity index (χ2v) is 4.83. The van der Waals surface area contributed by atoms with Crippen molar-refractivity contribution >= 4 is 34.0 Å². The quantitative estimate of drug-likeness (QED) is 0.785. The Kier molecular flexibility index (Phi) is 3.46. The zero-order chi connectivity index (χ0) is 14.8. The van der Waals surface area contributed by atoms with E-state index in [0.29, 0.717) is 21.5 Å². The summed E-state index contributed by atoms with van der Waals surface area (Å²) in [5.74, 6) is -0.579. The molecule has 1 N–H and O–H groups in total. The van der Waals surface area contributed by atoms with Gasteiger partial charge in [-0.3, -0.25) is 4.79 Å². The van der Waals surface area contributed by atoms with Crippen LogP contribution >= 0.6 is 11.6 Å². The van der Waals surface area contributed by atoms with Crippen molar-refractivity contribution < 1.29 is 9.21 Å². The molecule has 1 heterocycles. The highest BCUT2D eigenvalue weighted by atomic mass is 35.5. The second kappa shape index (κ2) is 5.42. The predicted octanol–water partition coefficient (Wildman–Crippen LogP) is 3.70. The molecule has 0 unspecified atom stereocenters. The molecule has 21 heavy (non-hydrogen) atoms. The van der Waals surface area contributed by atoms with Gasteiger partial charge in [0.2, 0.25) is 0 Å². The first-order chi connectivity index (χ1) is 10.1. The molecule has 0 aliphatic heterocycles. The fraction of sp³-hybridized carbons (Fsp3) is 0. The summed E-state index contributed by atoms with van der Waals surface area (Å²) >= 11 is 5.98. The fourth-order valence-electron chi connectivity index (χ4n) is 1.99. The van der Waals surface area contributed by atoms with Gasteiger partial charge >= 0.3 is 5.63 Å². The lowest BCUT2D eigenvalue weighted by Gasteiger charge is -2.06. The van der Waals surface area contributed by atoms with Crippen LogP contribution in [-0.4, -0.2) is 5.91 Å². The van der Waals surface area contributed by atoms with Crippen LogP contribution in [0.4, 0.5) is 5.69 Å². The minimum Gasteiger partial charge on any atom is -0.417 e. The Morgan fingerprint density at radius 2 is 1.76 bits per heavy atom. The smallest absolute Gasteiger partial charge is 0.344 e. The molecule has 0 aliphatic carbocycles. The third kappa shape index (κ3) is 2.66. The fourth-order valence-corrected chi connectivity index (χ4v) is 2.18. The number of amides is 1. The maximum atomic E-state index is 12.2. The molecule has 1 aromatic heterocycles. The largest absolute Gasteiger partial charge is 0.417 e. The van der Waals surface area contributed by atoms with Crippen LogP contribution in [0, 0.1) is 0 Å². The molecular weight excluding hydrogens is 290 g/mol. The molecule has 0 bridgehead atoms. The van der Waals surface area contributed by atoms with Crippen molar-refractivity contribution in [1.29, 1.82) is 0 Å². The summed E-state index contributed by atoms with van der Waals surface area (Å²) in [6.45, 7) is 0. The molecule has 3 aromatic rings. The molecule has 0 fully saturated rings. The van der Waals surface area contributed by atoms with Crippen LogP contribution < -0.4 is 10.9 Å². The van der Waals surface area contributed by atoms with Crippen molar-refractivity contribution in [2.75, 3.05) is 5.32 Å². The number of hydrogen-bond donors (Lipinski definition) is 1. The van der Waals surface area contributed by atoms with Crippen LogP contribution in [0.2, 0.25) is 5.02 Å². The number of hydrogen-bond acceptors (Lipinski definition) is 3. The Morgan fingerprint density at radius 3 is 2.57 bits per heavy atom. The Morgan fingerprint density at radius 1 is 1.05 bits per heavy atom. The summed E-state index contributed by atoms with van der Waals surface area (Å²) in [7, 11) is 0. The van der Waals surface area contributed by atoms with Gasteiger partial charge in [0.25, 0.3) is 5.91 Å². The third-order valence-corrected chi connectivity index (χ3v) is 3.35. The van der Waals surface area contributed by atoms with Crippen LogP contribution in [0.25, 0.3) is 10.8 Å². The topological polar surface area (TPSA) is 59.3 Å². The first-order valence-corrected chi connectivity index (χ1v) is 6.62. The summed E-state index contributed by atoms with van der Waals surface area (Å²) in [6, 6.07) is 15.3. The van der Waals surface area contributed by atoms with Gasteiger partial charge in [0.05, 0.1) is 16.1 Å². The number of rotatable bonds is 2. The molecule has 5 heteroatoms. The Bertz CT molecular complexity index is 886. The van der Waals surface area contributed by atoms with Crippen molar-refractivity contribution in [3.05, 3.63) is 75.8 Å². The number of anilines is 1. The van der Waals surface area contributed by atoms with E-state index in [-0.39, 0.29) is 5.76 Å². The molecule has 2 aromatic carbocycles. The van der Waals surface area contributed by atoms with Crippen molar-refractivity contribution in [3.8, 4) is 0 Å². The SMILES string of the molecule is O=C(Nc1ccccc1Cl)c1cc2ccccc2c(=O)o1. The van der Waals surface area contributed by atoms with E-state index >= 15 is 0 Å². The van der Waals surface area contributed by atoms with Gasteiger partial charge in [-0.15, -0.1) is 0 Å². The van der Waals surface area contributed by atoms with Gasteiger partial charge in [-0.05, 0) is 29.7 Å². The summed E-state index contributed by atoms with van der Waals surface area (Å²) in [5.41, 5.74) is -0.0858. The molecule has 104 valence electrons. The number of nitrogens with one attached hydrogen (secondary N) is 1. The van der Waals surface area contributed by atoms with E-state index < -0.39 is 11.5 Å². The van der Waals surface area contributed by atoms with Gasteiger partial charge < -0.3 is 9.73 Å². The van der Waals surface area contributed by atoms with Crippen molar-refractivity contribution in [2.24, 2.45) is 0 Å². The Labute approximate surface area is 125 Å². The van der Waals surface area contributed by atoms with Gasteiger partial charge in [0.1, 0.15) is 0 Å². The van der Waals surface area contributed by atoms with Gasteiger partial charge in [-0.1, -0.05) is 41.9 Å². The lowest BCUT2D eigenvalue weighted by molar-refractivity contribution is 0.0993.